The molecule has 5 heteroatoms. The van der Waals surface area contributed by atoms with Crippen LogP contribution in [0.25, 0.3) is 0 Å². The third kappa shape index (κ3) is 1.43. The van der Waals surface area contributed by atoms with Gasteiger partial charge in [-0.25, -0.2) is 10.1 Å². The van der Waals surface area contributed by atoms with E-state index in [1.165, 1.54) is 0 Å². The molecule has 1 aliphatic heterocycles. The highest BCUT2D eigenvalue weighted by Gasteiger charge is 2.21. The van der Waals surface area contributed by atoms with Crippen molar-refractivity contribution in [3.63, 3.8) is 0 Å². The number of piperidine rings is 1. The van der Waals surface area contributed by atoms with Gasteiger partial charge in [-0.3, -0.25) is 4.79 Å². The molecule has 0 radical (unpaired) electrons. The molecule has 56 valence electrons. The summed E-state index contributed by atoms with van der Waals surface area (Å²) in [4.78, 5) is 20.7. The summed E-state index contributed by atoms with van der Waals surface area (Å²) < 4.78 is 0. The van der Waals surface area contributed by atoms with Gasteiger partial charge in [-0.1, -0.05) is 0 Å². The summed E-state index contributed by atoms with van der Waals surface area (Å²) in [6, 6.07) is 0. The van der Waals surface area contributed by atoms with Crippen molar-refractivity contribution in [1.29, 1.82) is 0 Å². The Morgan fingerprint density at radius 3 is 2.30 bits per heavy atom. The molecular formula is C5H8N2O3. The fourth-order valence-electron chi connectivity index (χ4n) is 0.908. The van der Waals surface area contributed by atoms with Gasteiger partial charge in [-0.05, 0) is 0 Å². The zero-order valence-electron chi connectivity index (χ0n) is 5.45. The van der Waals surface area contributed by atoms with E-state index < -0.39 is 5.03 Å². The van der Waals surface area contributed by atoms with E-state index in [-0.39, 0.29) is 18.9 Å². The Bertz CT molecular complexity index is 158. The lowest BCUT2D eigenvalue weighted by atomic mass is 10.1. The quantitative estimate of drug-likeness (QED) is 0.379. The molecule has 1 fully saturated rings. The Balaban J connectivity index is 2.40. The Labute approximate surface area is 57.7 Å². The van der Waals surface area contributed by atoms with Crippen LogP contribution in [0.3, 0.4) is 0 Å². The number of ketones is 1. The third-order valence-corrected chi connectivity index (χ3v) is 1.53. The fourth-order valence-corrected chi connectivity index (χ4v) is 0.908. The second kappa shape index (κ2) is 2.64. The molecule has 0 aliphatic carbocycles. The standard InChI is InChI=1S/C5H8N2O3/c8-5-1-3-6(4-2-5)7(9)10/h1-4H2. The number of rotatable bonds is 1. The highest BCUT2D eigenvalue weighted by atomic mass is 16.7. The van der Waals surface area contributed by atoms with Crippen LogP contribution in [0, 0.1) is 10.1 Å². The first-order valence-corrected chi connectivity index (χ1v) is 3.11. The van der Waals surface area contributed by atoms with Gasteiger partial charge in [0.05, 0.1) is 13.1 Å². The van der Waals surface area contributed by atoms with E-state index in [1.807, 2.05) is 0 Å². The number of nitro groups is 1. The predicted molar refractivity (Wildman–Crippen MR) is 32.8 cm³/mol. The van der Waals surface area contributed by atoms with Crippen LogP contribution in [0.5, 0.6) is 0 Å². The van der Waals surface area contributed by atoms with Crippen molar-refractivity contribution in [3.8, 4) is 0 Å². The van der Waals surface area contributed by atoms with Crippen LogP contribution >= 0.6 is 0 Å². The van der Waals surface area contributed by atoms with Crippen LogP contribution in [-0.4, -0.2) is 28.9 Å². The molecule has 5 nitrogen and oxygen atoms in total. The average molecular weight is 144 g/mol. The van der Waals surface area contributed by atoms with Gasteiger partial charge in [0.1, 0.15) is 5.78 Å². The van der Waals surface area contributed by atoms with Gasteiger partial charge in [0.25, 0.3) is 0 Å². The highest BCUT2D eigenvalue weighted by Crippen LogP contribution is 2.04. The zero-order valence-corrected chi connectivity index (χ0v) is 5.45. The summed E-state index contributed by atoms with van der Waals surface area (Å²) in [6.07, 6.45) is 0.641. The normalized spacial score (nSPS) is 19.2. The van der Waals surface area contributed by atoms with Gasteiger partial charge in [-0.15, -0.1) is 5.01 Å². The number of hydrazine groups is 1. The lowest BCUT2D eigenvalue weighted by Crippen LogP contribution is -2.37. The van der Waals surface area contributed by atoms with Crippen molar-refractivity contribution in [3.05, 3.63) is 10.1 Å². The minimum atomic E-state index is -0.452. The molecule has 1 rings (SSSR count). The molecule has 0 aromatic carbocycles. The minimum Gasteiger partial charge on any atom is -0.300 e. The zero-order chi connectivity index (χ0) is 7.56. The molecule has 0 spiro atoms. The highest BCUT2D eigenvalue weighted by molar-refractivity contribution is 5.79. The molecule has 0 amide bonds. The van der Waals surface area contributed by atoms with Crippen molar-refractivity contribution in [1.82, 2.24) is 5.01 Å². The first-order chi connectivity index (χ1) is 4.70. The Hall–Kier alpha value is -1.13. The molecule has 1 heterocycles. The minimum absolute atomic E-state index is 0.123. The lowest BCUT2D eigenvalue weighted by molar-refractivity contribution is -0.656. The van der Waals surface area contributed by atoms with Gasteiger partial charge < -0.3 is 0 Å². The molecule has 0 bridgehead atoms. The van der Waals surface area contributed by atoms with Gasteiger partial charge >= 0.3 is 0 Å². The van der Waals surface area contributed by atoms with Crippen molar-refractivity contribution in [2.45, 2.75) is 12.8 Å². The largest absolute Gasteiger partial charge is 0.300 e. The number of Topliss-reactive ketones (excluding diaryl/α,β-unsaturated/α-hetero) is 1. The van der Waals surface area contributed by atoms with Crippen LogP contribution in [0.1, 0.15) is 12.8 Å². The number of carbonyl (C=O) groups is 1. The average Bonchev–Trinajstić information content (AvgIpc) is 1.88. The van der Waals surface area contributed by atoms with E-state index in [0.717, 1.165) is 5.01 Å². The number of hydrogen-bond donors (Lipinski definition) is 0. The van der Waals surface area contributed by atoms with Crippen molar-refractivity contribution < 1.29 is 9.83 Å². The van der Waals surface area contributed by atoms with Crippen LogP contribution in [0.4, 0.5) is 0 Å². The summed E-state index contributed by atoms with van der Waals surface area (Å²) in [5, 5.41) is 10.7. The van der Waals surface area contributed by atoms with Crippen molar-refractivity contribution in [2.24, 2.45) is 0 Å². The molecule has 10 heavy (non-hydrogen) atoms. The number of carbonyl (C=O) groups excluding carboxylic acids is 1. The van der Waals surface area contributed by atoms with Gasteiger partial charge in [0.2, 0.25) is 0 Å². The Morgan fingerprint density at radius 1 is 1.40 bits per heavy atom. The summed E-state index contributed by atoms with van der Waals surface area (Å²) in [6.45, 7) is 0.539. The Kier molecular flexibility index (Phi) is 1.84. The molecule has 0 unspecified atom stereocenters. The summed E-state index contributed by atoms with van der Waals surface area (Å²) in [5.41, 5.74) is 0. The first-order valence-electron chi connectivity index (χ1n) is 3.11. The third-order valence-electron chi connectivity index (χ3n) is 1.53. The van der Waals surface area contributed by atoms with E-state index in [9.17, 15) is 14.9 Å². The summed E-state index contributed by atoms with van der Waals surface area (Å²) in [5.74, 6) is 0.123. The topological polar surface area (TPSA) is 63.5 Å². The fraction of sp³-hybridized carbons (Fsp3) is 0.800. The van der Waals surface area contributed by atoms with E-state index in [1.54, 1.807) is 0 Å². The van der Waals surface area contributed by atoms with E-state index in [0.29, 0.717) is 12.8 Å². The maximum absolute atomic E-state index is 10.6. The van der Waals surface area contributed by atoms with Crippen LogP contribution in [0.2, 0.25) is 0 Å². The molecule has 0 atom stereocenters. The van der Waals surface area contributed by atoms with E-state index in [2.05, 4.69) is 0 Å². The van der Waals surface area contributed by atoms with E-state index >= 15 is 0 Å². The molecular weight excluding hydrogens is 136 g/mol. The molecule has 1 saturated heterocycles. The monoisotopic (exact) mass is 144 g/mol. The van der Waals surface area contributed by atoms with Crippen molar-refractivity contribution in [2.75, 3.05) is 13.1 Å². The summed E-state index contributed by atoms with van der Waals surface area (Å²) >= 11 is 0. The molecule has 0 saturated carbocycles. The lowest BCUT2D eigenvalue weighted by Gasteiger charge is -2.17. The van der Waals surface area contributed by atoms with Crippen LogP contribution < -0.4 is 0 Å². The smallest absolute Gasteiger partial charge is 0.160 e. The molecule has 0 N–H and O–H groups in total. The maximum atomic E-state index is 10.6. The van der Waals surface area contributed by atoms with E-state index in [4.69, 9.17) is 0 Å². The number of hydrogen-bond acceptors (Lipinski definition) is 3. The second-order valence-electron chi connectivity index (χ2n) is 2.23. The SMILES string of the molecule is O=C1CCN([N+](=O)[O-])CC1. The number of nitrogens with zero attached hydrogens (tertiary/aromatic N) is 2. The molecule has 1 aliphatic rings. The summed E-state index contributed by atoms with van der Waals surface area (Å²) in [7, 11) is 0. The Morgan fingerprint density at radius 2 is 1.90 bits per heavy atom. The van der Waals surface area contributed by atoms with Gasteiger partial charge in [-0.2, -0.15) is 0 Å². The van der Waals surface area contributed by atoms with Crippen LogP contribution in [-0.2, 0) is 4.79 Å². The van der Waals surface area contributed by atoms with Gasteiger partial charge in [0.15, 0.2) is 5.03 Å². The van der Waals surface area contributed by atoms with Crippen molar-refractivity contribution >= 4 is 5.78 Å². The van der Waals surface area contributed by atoms with Crippen LogP contribution in [0.15, 0.2) is 0 Å². The van der Waals surface area contributed by atoms with Gasteiger partial charge in [0, 0.05) is 12.8 Å². The maximum Gasteiger partial charge on any atom is 0.160 e. The first kappa shape index (κ1) is 6.98. The molecule has 0 aromatic rings. The second-order valence-corrected chi connectivity index (χ2v) is 2.23. The predicted octanol–water partition coefficient (Wildman–Crippen LogP) is -0.157. The molecule has 0 aromatic heterocycles.